The Kier molecular flexibility index (Phi) is 4.46. The van der Waals surface area contributed by atoms with Gasteiger partial charge in [-0.15, -0.1) is 0 Å². The van der Waals surface area contributed by atoms with Crippen molar-refractivity contribution in [2.24, 2.45) is 0 Å². The molecule has 2 N–H and O–H groups in total. The third-order valence-corrected chi connectivity index (χ3v) is 3.69. The zero-order valence-electron chi connectivity index (χ0n) is 11.3. The molecule has 0 fully saturated rings. The van der Waals surface area contributed by atoms with E-state index in [0.29, 0.717) is 22.4 Å². The number of benzene rings is 2. The van der Waals surface area contributed by atoms with Crippen molar-refractivity contribution in [3.63, 3.8) is 0 Å². The zero-order chi connectivity index (χ0) is 15.6. The van der Waals surface area contributed by atoms with E-state index in [1.54, 1.807) is 6.07 Å². The van der Waals surface area contributed by atoms with Crippen molar-refractivity contribution < 1.29 is 13.2 Å². The fraction of sp³-hybridized carbons (Fsp3) is 0.200. The lowest BCUT2D eigenvalue weighted by Crippen LogP contribution is -2.17. The van der Waals surface area contributed by atoms with E-state index in [2.05, 4.69) is 15.9 Å². The normalized spacial score (nSPS) is 11.5. The Morgan fingerprint density at radius 1 is 1.14 bits per heavy atom. The van der Waals surface area contributed by atoms with E-state index in [-0.39, 0.29) is 0 Å². The Labute approximate surface area is 129 Å². The molecule has 6 heteroatoms. The molecule has 0 aliphatic carbocycles. The van der Waals surface area contributed by atoms with E-state index in [1.165, 1.54) is 6.07 Å². The van der Waals surface area contributed by atoms with Crippen LogP contribution in [0.15, 0.2) is 46.9 Å². The van der Waals surface area contributed by atoms with Crippen LogP contribution in [0.1, 0.15) is 11.1 Å². The van der Waals surface area contributed by atoms with Crippen LogP contribution >= 0.6 is 15.9 Å². The van der Waals surface area contributed by atoms with E-state index in [4.69, 9.17) is 5.73 Å². The van der Waals surface area contributed by atoms with Crippen molar-refractivity contribution in [1.29, 1.82) is 0 Å². The summed E-state index contributed by atoms with van der Waals surface area (Å²) < 4.78 is 38.3. The summed E-state index contributed by atoms with van der Waals surface area (Å²) in [4.78, 5) is 1.86. The number of nitrogens with two attached hydrogens (primary N) is 1. The minimum atomic E-state index is -4.34. The molecule has 112 valence electrons. The second kappa shape index (κ2) is 5.97. The van der Waals surface area contributed by atoms with Crippen LogP contribution in [0, 0.1) is 0 Å². The number of alkyl halides is 3. The van der Waals surface area contributed by atoms with E-state index < -0.39 is 11.7 Å². The van der Waals surface area contributed by atoms with Gasteiger partial charge in [-0.3, -0.25) is 0 Å². The monoisotopic (exact) mass is 358 g/mol. The van der Waals surface area contributed by atoms with Gasteiger partial charge in [0.05, 0.1) is 11.3 Å². The molecule has 2 aromatic carbocycles. The molecule has 2 aromatic rings. The smallest absolute Gasteiger partial charge is 0.399 e. The minimum Gasteiger partial charge on any atom is -0.399 e. The summed E-state index contributed by atoms with van der Waals surface area (Å²) in [5.74, 6) is 0. The molecule has 0 aliphatic heterocycles. The van der Waals surface area contributed by atoms with Gasteiger partial charge >= 0.3 is 6.18 Å². The first kappa shape index (κ1) is 15.7. The number of rotatable bonds is 3. The van der Waals surface area contributed by atoms with Crippen molar-refractivity contribution in [2.45, 2.75) is 12.7 Å². The summed E-state index contributed by atoms with van der Waals surface area (Å²) in [6.07, 6.45) is -4.34. The van der Waals surface area contributed by atoms with Crippen molar-refractivity contribution in [2.75, 3.05) is 17.7 Å². The highest BCUT2D eigenvalue weighted by Gasteiger charge is 2.31. The fourth-order valence-corrected chi connectivity index (χ4v) is 2.72. The predicted molar refractivity (Wildman–Crippen MR) is 82.1 cm³/mol. The van der Waals surface area contributed by atoms with Crippen LogP contribution in [0.3, 0.4) is 0 Å². The third-order valence-electron chi connectivity index (χ3n) is 3.06. The summed E-state index contributed by atoms with van der Waals surface area (Å²) in [5.41, 5.74) is 7.38. The number of hydrogen-bond donors (Lipinski definition) is 1. The molecule has 2 nitrogen and oxygen atoms in total. The average Bonchev–Trinajstić information content (AvgIpc) is 2.37. The molecule has 0 spiro atoms. The second-order valence-electron chi connectivity index (χ2n) is 4.77. The van der Waals surface area contributed by atoms with E-state index in [9.17, 15) is 13.2 Å². The number of hydrogen-bond acceptors (Lipinski definition) is 2. The largest absolute Gasteiger partial charge is 0.416 e. The van der Waals surface area contributed by atoms with Crippen LogP contribution < -0.4 is 10.6 Å². The molecule has 0 unspecified atom stereocenters. The summed E-state index contributed by atoms with van der Waals surface area (Å²) in [5, 5.41) is 0. The topological polar surface area (TPSA) is 29.3 Å². The van der Waals surface area contributed by atoms with Crippen LogP contribution in [-0.4, -0.2) is 7.05 Å². The summed E-state index contributed by atoms with van der Waals surface area (Å²) in [6, 6.07) is 11.0. The molecular formula is C15H14BrF3N2. The molecule has 0 bridgehead atoms. The number of anilines is 2. The maximum Gasteiger partial charge on any atom is 0.416 e. The van der Waals surface area contributed by atoms with E-state index >= 15 is 0 Å². The number of halogens is 4. The van der Waals surface area contributed by atoms with Crippen molar-refractivity contribution in [3.05, 3.63) is 58.1 Å². The van der Waals surface area contributed by atoms with Gasteiger partial charge in [-0.05, 0) is 51.8 Å². The first-order valence-electron chi connectivity index (χ1n) is 6.19. The van der Waals surface area contributed by atoms with Crippen molar-refractivity contribution >= 4 is 27.3 Å². The first-order valence-corrected chi connectivity index (χ1v) is 6.99. The Hall–Kier alpha value is -1.69. The van der Waals surface area contributed by atoms with Gasteiger partial charge in [0.1, 0.15) is 0 Å². The highest BCUT2D eigenvalue weighted by molar-refractivity contribution is 9.10. The minimum absolute atomic E-state index is 0.406. The van der Waals surface area contributed by atoms with Crippen molar-refractivity contribution in [3.8, 4) is 0 Å². The lowest BCUT2D eigenvalue weighted by molar-refractivity contribution is -0.137. The molecule has 2 rings (SSSR count). The summed E-state index contributed by atoms with van der Waals surface area (Å²) >= 11 is 3.20. The number of nitrogen functional groups attached to an aromatic ring is 1. The molecule has 0 saturated heterocycles. The molecule has 0 saturated carbocycles. The Morgan fingerprint density at radius 3 is 2.43 bits per heavy atom. The van der Waals surface area contributed by atoms with Crippen LogP contribution in [0.5, 0.6) is 0 Å². The van der Waals surface area contributed by atoms with Gasteiger partial charge in [-0.25, -0.2) is 0 Å². The maximum atomic E-state index is 12.6. The molecule has 0 amide bonds. The fourth-order valence-electron chi connectivity index (χ4n) is 2.04. The predicted octanol–water partition coefficient (Wildman–Crippen LogP) is 4.69. The van der Waals surface area contributed by atoms with Gasteiger partial charge in [-0.2, -0.15) is 13.2 Å². The van der Waals surface area contributed by atoms with Gasteiger partial charge in [0.25, 0.3) is 0 Å². The second-order valence-corrected chi connectivity index (χ2v) is 5.62. The molecule has 0 heterocycles. The standard InChI is InChI=1S/C15H14BrF3N2/c1-21(9-10-3-2-4-12(20)7-10)14-6-5-11(8-13(14)16)15(17,18)19/h2-8H,9,20H2,1H3. The van der Waals surface area contributed by atoms with Crippen molar-refractivity contribution in [1.82, 2.24) is 0 Å². The SMILES string of the molecule is CN(Cc1cccc(N)c1)c1ccc(C(F)(F)F)cc1Br. The van der Waals surface area contributed by atoms with Crippen LogP contribution in [0.2, 0.25) is 0 Å². The Bertz CT molecular complexity index is 641. The average molecular weight is 359 g/mol. The molecular weight excluding hydrogens is 345 g/mol. The van der Waals surface area contributed by atoms with Gasteiger partial charge in [0, 0.05) is 23.8 Å². The Morgan fingerprint density at radius 2 is 1.86 bits per heavy atom. The lowest BCUT2D eigenvalue weighted by atomic mass is 10.1. The Balaban J connectivity index is 2.22. The summed E-state index contributed by atoms with van der Waals surface area (Å²) in [7, 11) is 1.82. The van der Waals surface area contributed by atoms with Gasteiger partial charge in [0.2, 0.25) is 0 Å². The molecule has 0 aromatic heterocycles. The van der Waals surface area contributed by atoms with E-state index in [0.717, 1.165) is 17.7 Å². The number of nitrogens with zero attached hydrogens (tertiary/aromatic N) is 1. The zero-order valence-corrected chi connectivity index (χ0v) is 12.9. The van der Waals surface area contributed by atoms with E-state index in [1.807, 2.05) is 30.1 Å². The summed E-state index contributed by atoms with van der Waals surface area (Å²) in [6.45, 7) is 0.551. The quantitative estimate of drug-likeness (QED) is 0.806. The third kappa shape index (κ3) is 3.91. The molecule has 0 radical (unpaired) electrons. The van der Waals surface area contributed by atoms with Gasteiger partial charge in [0.15, 0.2) is 0 Å². The highest BCUT2D eigenvalue weighted by atomic mass is 79.9. The maximum absolute atomic E-state index is 12.6. The molecule has 21 heavy (non-hydrogen) atoms. The van der Waals surface area contributed by atoms with Crippen LogP contribution in [0.4, 0.5) is 24.5 Å². The highest BCUT2D eigenvalue weighted by Crippen LogP contribution is 2.35. The molecule has 0 atom stereocenters. The lowest BCUT2D eigenvalue weighted by Gasteiger charge is -2.22. The van der Waals surface area contributed by atoms with Gasteiger partial charge < -0.3 is 10.6 Å². The first-order chi connectivity index (χ1) is 9.77. The van der Waals surface area contributed by atoms with Crippen LogP contribution in [0.25, 0.3) is 0 Å². The van der Waals surface area contributed by atoms with Crippen LogP contribution in [-0.2, 0) is 12.7 Å². The molecule has 0 aliphatic rings. The van der Waals surface area contributed by atoms with Gasteiger partial charge in [-0.1, -0.05) is 12.1 Å².